The highest BCUT2D eigenvalue weighted by Gasteiger charge is 2.34. The van der Waals surface area contributed by atoms with E-state index >= 15 is 0 Å². The number of carbonyl (C=O) groups is 1. The highest BCUT2D eigenvalue weighted by Crippen LogP contribution is 2.28. The van der Waals surface area contributed by atoms with Gasteiger partial charge < -0.3 is 10.6 Å². The van der Waals surface area contributed by atoms with Crippen LogP contribution in [0.25, 0.3) is 0 Å². The molecule has 5 heteroatoms. The van der Waals surface area contributed by atoms with Crippen molar-refractivity contribution < 1.29 is 4.79 Å². The average molecular weight is 348 g/mol. The van der Waals surface area contributed by atoms with Crippen molar-refractivity contribution in [2.75, 3.05) is 18.4 Å². The third-order valence-electron chi connectivity index (χ3n) is 3.58. The molecule has 0 bridgehead atoms. The zero-order valence-electron chi connectivity index (χ0n) is 11.3. The maximum atomic E-state index is 12.3. The van der Waals surface area contributed by atoms with E-state index in [1.807, 2.05) is 32.0 Å². The lowest BCUT2D eigenvalue weighted by atomic mass is 9.82. The maximum Gasteiger partial charge on any atom is 0.231 e. The number of amides is 1. The van der Waals surface area contributed by atoms with Gasteiger partial charge in [0.05, 0.1) is 5.41 Å². The summed E-state index contributed by atoms with van der Waals surface area (Å²) in [5, 5.41) is 6.30. The Hall–Kier alpha value is -0.580. The minimum atomic E-state index is -0.296. The summed E-state index contributed by atoms with van der Waals surface area (Å²) in [7, 11) is 0. The number of carbonyl (C=O) groups excluding carboxylic acids is 1. The highest BCUT2D eigenvalue weighted by atomic mass is 79.9. The van der Waals surface area contributed by atoms with Crippen LogP contribution in [-0.2, 0) is 4.79 Å². The van der Waals surface area contributed by atoms with Gasteiger partial charge in [0.2, 0.25) is 5.91 Å². The van der Waals surface area contributed by atoms with Crippen LogP contribution in [-0.4, -0.2) is 19.0 Å². The Labute approximate surface area is 129 Å². The Morgan fingerprint density at radius 3 is 2.79 bits per heavy atom. The van der Waals surface area contributed by atoms with Gasteiger partial charge in [-0.1, -0.05) is 22.0 Å². The number of piperidine rings is 1. The molecule has 1 aliphatic heterocycles. The van der Waals surface area contributed by atoms with Gasteiger partial charge in [-0.25, -0.2) is 0 Å². The number of hydrogen-bond acceptors (Lipinski definition) is 2. The SMILES string of the molecule is Cc1ccc(NC(=O)C2(C)CCCNC2)cc1Br.Cl. The van der Waals surface area contributed by atoms with Gasteiger partial charge in [0.1, 0.15) is 0 Å². The van der Waals surface area contributed by atoms with Crippen LogP contribution in [0.3, 0.4) is 0 Å². The third-order valence-corrected chi connectivity index (χ3v) is 4.43. The normalized spacial score (nSPS) is 22.5. The van der Waals surface area contributed by atoms with Gasteiger partial charge in [-0.05, 0) is 50.9 Å². The molecule has 0 radical (unpaired) electrons. The quantitative estimate of drug-likeness (QED) is 0.859. The van der Waals surface area contributed by atoms with Crippen molar-refractivity contribution in [1.29, 1.82) is 0 Å². The fourth-order valence-corrected chi connectivity index (χ4v) is 2.58. The topological polar surface area (TPSA) is 41.1 Å². The molecule has 1 aromatic rings. The molecule has 19 heavy (non-hydrogen) atoms. The molecule has 1 amide bonds. The van der Waals surface area contributed by atoms with E-state index in [1.165, 1.54) is 5.56 Å². The molecule has 106 valence electrons. The van der Waals surface area contributed by atoms with Gasteiger partial charge in [0.15, 0.2) is 0 Å². The first-order chi connectivity index (χ1) is 8.51. The van der Waals surface area contributed by atoms with Crippen LogP contribution in [0.4, 0.5) is 5.69 Å². The standard InChI is InChI=1S/C14H19BrN2O.ClH/c1-10-4-5-11(8-12(10)15)17-13(18)14(2)6-3-7-16-9-14;/h4-5,8,16H,3,6-7,9H2,1-2H3,(H,17,18);1H. The van der Waals surface area contributed by atoms with Crippen molar-refractivity contribution in [1.82, 2.24) is 5.32 Å². The second kappa shape index (κ2) is 6.73. The minimum absolute atomic E-state index is 0. The smallest absolute Gasteiger partial charge is 0.231 e. The average Bonchev–Trinajstić information content (AvgIpc) is 2.35. The second-order valence-electron chi connectivity index (χ2n) is 5.26. The molecule has 1 fully saturated rings. The lowest BCUT2D eigenvalue weighted by Crippen LogP contribution is -2.46. The van der Waals surface area contributed by atoms with Crippen LogP contribution >= 0.6 is 28.3 Å². The molecule has 0 aromatic heterocycles. The van der Waals surface area contributed by atoms with Crippen LogP contribution in [0, 0.1) is 12.3 Å². The van der Waals surface area contributed by atoms with Gasteiger partial charge in [-0.3, -0.25) is 4.79 Å². The number of anilines is 1. The Kier molecular flexibility index (Phi) is 5.83. The first-order valence-electron chi connectivity index (χ1n) is 6.30. The van der Waals surface area contributed by atoms with E-state index in [9.17, 15) is 4.79 Å². The number of aryl methyl sites for hydroxylation is 1. The lowest BCUT2D eigenvalue weighted by molar-refractivity contribution is -0.125. The monoisotopic (exact) mass is 346 g/mol. The molecular formula is C14H20BrClN2O. The molecule has 0 saturated carbocycles. The molecule has 2 rings (SSSR count). The van der Waals surface area contributed by atoms with Gasteiger partial charge in [-0.2, -0.15) is 0 Å². The van der Waals surface area contributed by atoms with Crippen molar-refractivity contribution in [2.24, 2.45) is 5.41 Å². The minimum Gasteiger partial charge on any atom is -0.326 e. The predicted molar refractivity (Wildman–Crippen MR) is 85.0 cm³/mol. The van der Waals surface area contributed by atoms with Gasteiger partial charge in [-0.15, -0.1) is 12.4 Å². The summed E-state index contributed by atoms with van der Waals surface area (Å²) >= 11 is 3.48. The molecule has 1 aromatic carbocycles. The highest BCUT2D eigenvalue weighted by molar-refractivity contribution is 9.10. The summed E-state index contributed by atoms with van der Waals surface area (Å²) in [5.74, 6) is 0.102. The molecule has 1 saturated heterocycles. The van der Waals surface area contributed by atoms with E-state index in [2.05, 4.69) is 26.6 Å². The molecule has 0 spiro atoms. The Morgan fingerprint density at radius 2 is 2.21 bits per heavy atom. The largest absolute Gasteiger partial charge is 0.326 e. The number of hydrogen-bond donors (Lipinski definition) is 2. The molecule has 1 aliphatic rings. The number of halogens is 2. The van der Waals surface area contributed by atoms with E-state index < -0.39 is 0 Å². The molecular weight excluding hydrogens is 328 g/mol. The van der Waals surface area contributed by atoms with Crippen molar-refractivity contribution in [3.05, 3.63) is 28.2 Å². The van der Waals surface area contributed by atoms with Crippen LogP contribution in [0.1, 0.15) is 25.3 Å². The van der Waals surface area contributed by atoms with E-state index in [0.717, 1.165) is 36.1 Å². The van der Waals surface area contributed by atoms with E-state index in [4.69, 9.17) is 0 Å². The zero-order valence-corrected chi connectivity index (χ0v) is 13.7. The predicted octanol–water partition coefficient (Wildman–Crippen LogP) is 3.51. The summed E-state index contributed by atoms with van der Waals surface area (Å²) in [4.78, 5) is 12.3. The lowest BCUT2D eigenvalue weighted by Gasteiger charge is -2.32. The molecule has 2 N–H and O–H groups in total. The number of benzene rings is 1. The van der Waals surface area contributed by atoms with Crippen molar-refractivity contribution in [3.8, 4) is 0 Å². The summed E-state index contributed by atoms with van der Waals surface area (Å²) in [6, 6.07) is 5.89. The number of nitrogens with one attached hydrogen (secondary N) is 2. The van der Waals surface area contributed by atoms with E-state index in [1.54, 1.807) is 0 Å². The van der Waals surface area contributed by atoms with Crippen LogP contribution in [0.2, 0.25) is 0 Å². The fraction of sp³-hybridized carbons (Fsp3) is 0.500. The molecule has 1 heterocycles. The van der Waals surface area contributed by atoms with Gasteiger partial charge >= 0.3 is 0 Å². The molecule has 1 atom stereocenters. The Balaban J connectivity index is 0.00000180. The van der Waals surface area contributed by atoms with Gasteiger partial charge in [0.25, 0.3) is 0 Å². The Bertz CT molecular complexity index is 459. The zero-order chi connectivity index (χ0) is 13.2. The first kappa shape index (κ1) is 16.5. The van der Waals surface area contributed by atoms with Crippen LogP contribution in [0.5, 0.6) is 0 Å². The Morgan fingerprint density at radius 1 is 1.47 bits per heavy atom. The maximum absolute atomic E-state index is 12.3. The fourth-order valence-electron chi connectivity index (χ4n) is 2.20. The summed E-state index contributed by atoms with van der Waals surface area (Å²) in [6.07, 6.45) is 2.00. The summed E-state index contributed by atoms with van der Waals surface area (Å²) < 4.78 is 1.02. The second-order valence-corrected chi connectivity index (χ2v) is 6.11. The van der Waals surface area contributed by atoms with Crippen molar-refractivity contribution in [3.63, 3.8) is 0 Å². The van der Waals surface area contributed by atoms with E-state index in [-0.39, 0.29) is 23.7 Å². The van der Waals surface area contributed by atoms with Crippen LogP contribution in [0.15, 0.2) is 22.7 Å². The van der Waals surface area contributed by atoms with Crippen LogP contribution < -0.4 is 10.6 Å². The van der Waals surface area contributed by atoms with Crippen molar-refractivity contribution in [2.45, 2.75) is 26.7 Å². The molecule has 1 unspecified atom stereocenters. The number of rotatable bonds is 2. The summed E-state index contributed by atoms with van der Waals surface area (Å²) in [5.41, 5.74) is 1.72. The van der Waals surface area contributed by atoms with Gasteiger partial charge in [0, 0.05) is 16.7 Å². The van der Waals surface area contributed by atoms with E-state index in [0.29, 0.717) is 0 Å². The molecule has 3 nitrogen and oxygen atoms in total. The van der Waals surface area contributed by atoms with Crippen molar-refractivity contribution >= 4 is 39.9 Å². The first-order valence-corrected chi connectivity index (χ1v) is 7.09. The summed E-state index contributed by atoms with van der Waals surface area (Å²) in [6.45, 7) is 5.82. The third kappa shape index (κ3) is 3.94. The molecule has 0 aliphatic carbocycles.